The highest BCUT2D eigenvalue weighted by atomic mass is 19.4. The summed E-state index contributed by atoms with van der Waals surface area (Å²) in [6.45, 7) is 1.96. The molecule has 1 aromatic carbocycles. The summed E-state index contributed by atoms with van der Waals surface area (Å²) in [7, 11) is 1.68. The van der Waals surface area contributed by atoms with Crippen LogP contribution in [0.4, 0.5) is 18.9 Å². The van der Waals surface area contributed by atoms with Crippen molar-refractivity contribution in [2.75, 3.05) is 12.8 Å². The Kier molecular flexibility index (Phi) is 4.02. The van der Waals surface area contributed by atoms with Crippen molar-refractivity contribution in [2.45, 2.75) is 32.2 Å². The number of amides is 1. The van der Waals surface area contributed by atoms with Gasteiger partial charge in [0.15, 0.2) is 5.75 Å². The Bertz CT molecular complexity index is 542. The first-order chi connectivity index (χ1) is 9.69. The first-order valence-corrected chi connectivity index (χ1v) is 6.61. The van der Waals surface area contributed by atoms with Gasteiger partial charge in [0.1, 0.15) is 0 Å². The maximum atomic E-state index is 12.3. The molecule has 2 N–H and O–H groups in total. The number of nitrogens with two attached hydrogens (primary N) is 1. The minimum Gasteiger partial charge on any atom is -0.404 e. The number of halogens is 3. The average Bonchev–Trinajstić information content (AvgIpc) is 3.21. The first kappa shape index (κ1) is 15.5. The number of benzene rings is 1. The monoisotopic (exact) mass is 302 g/mol. The van der Waals surface area contributed by atoms with Gasteiger partial charge < -0.3 is 15.4 Å². The smallest absolute Gasteiger partial charge is 0.404 e. The highest BCUT2D eigenvalue weighted by Crippen LogP contribution is 2.35. The van der Waals surface area contributed by atoms with E-state index in [1.807, 2.05) is 6.92 Å². The maximum Gasteiger partial charge on any atom is 0.573 e. The van der Waals surface area contributed by atoms with Crippen molar-refractivity contribution in [3.63, 3.8) is 0 Å². The molecule has 1 unspecified atom stereocenters. The lowest BCUT2D eigenvalue weighted by Crippen LogP contribution is -2.36. The Morgan fingerprint density at radius 3 is 2.52 bits per heavy atom. The first-order valence-electron chi connectivity index (χ1n) is 6.61. The fourth-order valence-corrected chi connectivity index (χ4v) is 2.18. The minimum absolute atomic E-state index is 0.102. The molecule has 21 heavy (non-hydrogen) atoms. The second-order valence-corrected chi connectivity index (χ2v) is 5.29. The van der Waals surface area contributed by atoms with Gasteiger partial charge in [-0.25, -0.2) is 0 Å². The van der Waals surface area contributed by atoms with Crippen LogP contribution in [0.15, 0.2) is 18.2 Å². The fraction of sp³-hybridized carbons (Fsp3) is 0.500. The Morgan fingerprint density at radius 2 is 2.05 bits per heavy atom. The van der Waals surface area contributed by atoms with Gasteiger partial charge >= 0.3 is 6.36 Å². The summed E-state index contributed by atoms with van der Waals surface area (Å²) >= 11 is 0. The lowest BCUT2D eigenvalue weighted by molar-refractivity contribution is -0.274. The Morgan fingerprint density at radius 1 is 1.43 bits per heavy atom. The van der Waals surface area contributed by atoms with Crippen LogP contribution in [0.1, 0.15) is 30.1 Å². The number of hydrogen-bond donors (Lipinski definition) is 1. The molecule has 1 aromatic rings. The van der Waals surface area contributed by atoms with E-state index < -0.39 is 12.1 Å². The summed E-state index contributed by atoms with van der Waals surface area (Å²) in [6.07, 6.45) is -2.62. The van der Waals surface area contributed by atoms with Crippen LogP contribution in [0.5, 0.6) is 5.75 Å². The number of carbonyl (C=O) groups excluding carboxylic acids is 1. The lowest BCUT2D eigenvalue weighted by Gasteiger charge is -2.25. The number of nitrogens with zero attached hydrogens (tertiary/aromatic N) is 1. The van der Waals surface area contributed by atoms with Crippen molar-refractivity contribution in [3.8, 4) is 5.75 Å². The fourth-order valence-electron chi connectivity index (χ4n) is 2.18. The van der Waals surface area contributed by atoms with E-state index in [-0.39, 0.29) is 23.2 Å². The van der Waals surface area contributed by atoms with Crippen LogP contribution in [-0.2, 0) is 0 Å². The molecule has 0 aromatic heterocycles. The van der Waals surface area contributed by atoms with E-state index in [4.69, 9.17) is 5.73 Å². The van der Waals surface area contributed by atoms with E-state index >= 15 is 0 Å². The van der Waals surface area contributed by atoms with Crippen LogP contribution in [0, 0.1) is 5.92 Å². The normalized spacial score (nSPS) is 16.4. The second-order valence-electron chi connectivity index (χ2n) is 5.29. The Balaban J connectivity index is 2.13. The van der Waals surface area contributed by atoms with E-state index in [0.29, 0.717) is 5.92 Å². The van der Waals surface area contributed by atoms with Gasteiger partial charge in [-0.2, -0.15) is 0 Å². The van der Waals surface area contributed by atoms with E-state index in [2.05, 4.69) is 4.74 Å². The molecular formula is C14H17F3N2O2. The molecule has 7 heteroatoms. The quantitative estimate of drug-likeness (QED) is 0.870. The van der Waals surface area contributed by atoms with Crippen molar-refractivity contribution in [3.05, 3.63) is 23.8 Å². The number of hydrogen-bond acceptors (Lipinski definition) is 3. The molecule has 116 valence electrons. The SMILES string of the molecule is CC(C1CC1)N(C)C(=O)c1ccc(OC(F)(F)F)c(N)c1. The summed E-state index contributed by atoms with van der Waals surface area (Å²) in [5, 5.41) is 0. The van der Waals surface area contributed by atoms with Gasteiger partial charge in [0, 0.05) is 18.7 Å². The van der Waals surface area contributed by atoms with Crippen LogP contribution < -0.4 is 10.5 Å². The molecule has 1 fully saturated rings. The molecule has 1 aliphatic rings. The predicted molar refractivity (Wildman–Crippen MR) is 71.8 cm³/mol. The van der Waals surface area contributed by atoms with Gasteiger partial charge in [-0.3, -0.25) is 4.79 Å². The second kappa shape index (κ2) is 5.46. The molecule has 0 bridgehead atoms. The van der Waals surface area contributed by atoms with Crippen LogP contribution in [-0.4, -0.2) is 30.3 Å². The van der Waals surface area contributed by atoms with E-state index in [1.54, 1.807) is 11.9 Å². The summed E-state index contributed by atoms with van der Waals surface area (Å²) in [5.41, 5.74) is 5.55. The van der Waals surface area contributed by atoms with Crippen LogP contribution >= 0.6 is 0 Å². The third-order valence-corrected chi connectivity index (χ3v) is 3.72. The van der Waals surface area contributed by atoms with Crippen LogP contribution in [0.3, 0.4) is 0 Å². The Hall–Kier alpha value is -1.92. The lowest BCUT2D eigenvalue weighted by atomic mass is 10.1. The van der Waals surface area contributed by atoms with Gasteiger partial charge in [0.2, 0.25) is 0 Å². The summed E-state index contributed by atoms with van der Waals surface area (Å²) in [6, 6.07) is 3.66. The molecule has 0 saturated heterocycles. The van der Waals surface area contributed by atoms with Gasteiger partial charge in [-0.1, -0.05) is 0 Å². The summed E-state index contributed by atoms with van der Waals surface area (Å²) in [5.74, 6) is -0.263. The van der Waals surface area contributed by atoms with Crippen molar-refractivity contribution < 1.29 is 22.7 Å². The number of alkyl halides is 3. The molecule has 1 atom stereocenters. The van der Waals surface area contributed by atoms with E-state index in [1.165, 1.54) is 12.1 Å². The zero-order valence-corrected chi connectivity index (χ0v) is 11.8. The van der Waals surface area contributed by atoms with Gasteiger partial charge in [0.25, 0.3) is 5.91 Å². The minimum atomic E-state index is -4.81. The predicted octanol–water partition coefficient (Wildman–Crippen LogP) is 3.04. The zero-order chi connectivity index (χ0) is 15.8. The highest BCUT2D eigenvalue weighted by molar-refractivity contribution is 5.95. The standard InChI is InChI=1S/C14H17F3N2O2/c1-8(9-3-4-9)19(2)13(20)10-5-6-12(11(18)7-10)21-14(15,16)17/h5-9H,3-4,18H2,1-2H3. The van der Waals surface area contributed by atoms with E-state index in [0.717, 1.165) is 18.9 Å². The van der Waals surface area contributed by atoms with Crippen molar-refractivity contribution >= 4 is 11.6 Å². The molecule has 0 aliphatic heterocycles. The van der Waals surface area contributed by atoms with Gasteiger partial charge in [-0.15, -0.1) is 13.2 Å². The molecular weight excluding hydrogens is 285 g/mol. The largest absolute Gasteiger partial charge is 0.573 e. The third-order valence-electron chi connectivity index (χ3n) is 3.72. The topological polar surface area (TPSA) is 55.6 Å². The molecule has 0 radical (unpaired) electrons. The zero-order valence-electron chi connectivity index (χ0n) is 11.8. The van der Waals surface area contributed by atoms with Crippen molar-refractivity contribution in [2.24, 2.45) is 5.92 Å². The highest BCUT2D eigenvalue weighted by Gasteiger charge is 2.34. The molecule has 2 rings (SSSR count). The number of rotatable bonds is 4. The van der Waals surface area contributed by atoms with Crippen molar-refractivity contribution in [1.29, 1.82) is 0 Å². The number of carbonyl (C=O) groups is 1. The summed E-state index contributed by atoms with van der Waals surface area (Å²) in [4.78, 5) is 13.9. The summed E-state index contributed by atoms with van der Waals surface area (Å²) < 4.78 is 40.2. The molecule has 4 nitrogen and oxygen atoms in total. The third kappa shape index (κ3) is 3.80. The van der Waals surface area contributed by atoms with E-state index in [9.17, 15) is 18.0 Å². The number of ether oxygens (including phenoxy) is 1. The molecule has 0 spiro atoms. The number of nitrogen functional groups attached to an aromatic ring is 1. The molecule has 1 amide bonds. The number of anilines is 1. The van der Waals surface area contributed by atoms with Crippen molar-refractivity contribution in [1.82, 2.24) is 4.90 Å². The maximum absolute atomic E-state index is 12.3. The van der Waals surface area contributed by atoms with Gasteiger partial charge in [-0.05, 0) is 43.9 Å². The van der Waals surface area contributed by atoms with Crippen LogP contribution in [0.2, 0.25) is 0 Å². The molecule has 1 aliphatic carbocycles. The molecule has 1 saturated carbocycles. The average molecular weight is 302 g/mol. The Labute approximate surface area is 120 Å². The van der Waals surface area contributed by atoms with Gasteiger partial charge in [0.05, 0.1) is 5.69 Å². The molecule has 0 heterocycles. The van der Waals surface area contributed by atoms with Crippen LogP contribution in [0.25, 0.3) is 0 Å².